The number of alkyl halides is 3. The molecule has 0 aromatic heterocycles. The van der Waals surface area contributed by atoms with E-state index in [0.717, 1.165) is 11.3 Å². The Bertz CT molecular complexity index is 756. The smallest absolute Gasteiger partial charge is 0.370 e. The lowest BCUT2D eigenvalue weighted by atomic mass is 10.0. The summed E-state index contributed by atoms with van der Waals surface area (Å²) in [7, 11) is 0. The summed E-state index contributed by atoms with van der Waals surface area (Å²) in [5, 5.41) is 3.06. The molecule has 0 radical (unpaired) electrons. The highest BCUT2D eigenvalue weighted by molar-refractivity contribution is 5.92. The molecule has 0 saturated carbocycles. The standard InChI is InChI=1S/C20H24F3N3O/c1-14(2)17-4-3-5-18(10-17)26-19(24)25-11-15-6-8-16(9-7-15)12-27-13-20(21,22)23/h3-10,14H,11-13H2,1-2H3,(H3,24,25,26). The first kappa shape index (κ1) is 20.8. The fourth-order valence-corrected chi connectivity index (χ4v) is 2.36. The number of ether oxygens (including phenoxy) is 1. The number of guanidine groups is 1. The monoisotopic (exact) mass is 379 g/mol. The molecule has 2 rings (SSSR count). The van der Waals surface area contributed by atoms with Crippen molar-refractivity contribution < 1.29 is 17.9 Å². The lowest BCUT2D eigenvalue weighted by Gasteiger charge is -2.10. The zero-order chi connectivity index (χ0) is 19.9. The van der Waals surface area contributed by atoms with Crippen LogP contribution in [0.4, 0.5) is 18.9 Å². The molecule has 146 valence electrons. The molecule has 0 unspecified atom stereocenters. The predicted molar refractivity (Wildman–Crippen MR) is 102 cm³/mol. The van der Waals surface area contributed by atoms with Crippen LogP contribution in [0.15, 0.2) is 53.5 Å². The largest absolute Gasteiger partial charge is 0.411 e. The van der Waals surface area contributed by atoms with Crippen molar-refractivity contribution in [2.45, 2.75) is 39.1 Å². The van der Waals surface area contributed by atoms with E-state index in [4.69, 9.17) is 5.73 Å². The molecule has 2 aromatic carbocycles. The Balaban J connectivity index is 1.86. The van der Waals surface area contributed by atoms with Crippen molar-refractivity contribution in [3.8, 4) is 0 Å². The average Bonchev–Trinajstić information content (AvgIpc) is 2.60. The molecule has 0 bridgehead atoms. The first-order chi connectivity index (χ1) is 12.7. The maximum atomic E-state index is 12.1. The quantitative estimate of drug-likeness (QED) is 0.536. The molecule has 7 heteroatoms. The Labute approximate surface area is 157 Å². The lowest BCUT2D eigenvalue weighted by molar-refractivity contribution is -0.176. The number of hydrogen-bond acceptors (Lipinski definition) is 2. The molecule has 3 N–H and O–H groups in total. The van der Waals surface area contributed by atoms with Crippen LogP contribution in [0.3, 0.4) is 0 Å². The first-order valence-corrected chi connectivity index (χ1v) is 8.62. The number of hydrogen-bond donors (Lipinski definition) is 2. The molecule has 0 amide bonds. The lowest BCUT2D eigenvalue weighted by Crippen LogP contribution is -2.22. The minimum atomic E-state index is -4.31. The fraction of sp³-hybridized carbons (Fsp3) is 0.350. The van der Waals surface area contributed by atoms with E-state index in [2.05, 4.69) is 35.0 Å². The van der Waals surface area contributed by atoms with E-state index < -0.39 is 12.8 Å². The van der Waals surface area contributed by atoms with Gasteiger partial charge in [-0.1, -0.05) is 50.2 Å². The molecule has 0 heterocycles. The van der Waals surface area contributed by atoms with Gasteiger partial charge in [0.05, 0.1) is 13.2 Å². The number of rotatable bonds is 7. The van der Waals surface area contributed by atoms with E-state index in [-0.39, 0.29) is 6.61 Å². The first-order valence-electron chi connectivity index (χ1n) is 8.62. The third kappa shape index (κ3) is 7.70. The van der Waals surface area contributed by atoms with Gasteiger partial charge in [0.25, 0.3) is 0 Å². The average molecular weight is 379 g/mol. The molecule has 0 spiro atoms. The molecule has 0 aliphatic rings. The number of anilines is 1. The molecule has 4 nitrogen and oxygen atoms in total. The summed E-state index contributed by atoms with van der Waals surface area (Å²) in [4.78, 5) is 4.29. The Morgan fingerprint density at radius 2 is 1.78 bits per heavy atom. The number of aliphatic imine (C=N–C) groups is 1. The predicted octanol–water partition coefficient (Wildman–Crippen LogP) is 4.82. The van der Waals surface area contributed by atoms with Crippen LogP contribution in [-0.2, 0) is 17.9 Å². The van der Waals surface area contributed by atoms with Crippen molar-refractivity contribution in [1.82, 2.24) is 0 Å². The molecule has 0 aliphatic carbocycles. The van der Waals surface area contributed by atoms with Gasteiger partial charge in [-0.2, -0.15) is 13.2 Å². The number of nitrogens with one attached hydrogen (secondary N) is 1. The van der Waals surface area contributed by atoms with Crippen LogP contribution in [-0.4, -0.2) is 18.7 Å². The van der Waals surface area contributed by atoms with E-state index in [1.54, 1.807) is 24.3 Å². The molecular formula is C20H24F3N3O. The highest BCUT2D eigenvalue weighted by atomic mass is 19.4. The van der Waals surface area contributed by atoms with E-state index in [0.29, 0.717) is 24.0 Å². The van der Waals surface area contributed by atoms with Crippen LogP contribution in [0.1, 0.15) is 36.5 Å². The van der Waals surface area contributed by atoms with Crippen molar-refractivity contribution >= 4 is 11.6 Å². The summed E-state index contributed by atoms with van der Waals surface area (Å²) < 4.78 is 40.8. The summed E-state index contributed by atoms with van der Waals surface area (Å²) in [6.07, 6.45) is -4.31. The van der Waals surface area contributed by atoms with Gasteiger partial charge in [-0.3, -0.25) is 0 Å². The van der Waals surface area contributed by atoms with E-state index in [9.17, 15) is 13.2 Å². The molecule has 0 atom stereocenters. The summed E-state index contributed by atoms with van der Waals surface area (Å²) in [6, 6.07) is 15.0. The van der Waals surface area contributed by atoms with Gasteiger partial charge in [-0.25, -0.2) is 4.99 Å². The third-order valence-corrected chi connectivity index (χ3v) is 3.82. The maximum absolute atomic E-state index is 12.1. The van der Waals surface area contributed by atoms with Gasteiger partial charge >= 0.3 is 6.18 Å². The Morgan fingerprint density at radius 3 is 2.41 bits per heavy atom. The normalized spacial score (nSPS) is 12.4. The van der Waals surface area contributed by atoms with Crippen LogP contribution < -0.4 is 11.1 Å². The summed E-state index contributed by atoms with van der Waals surface area (Å²) >= 11 is 0. The van der Waals surface area contributed by atoms with Crippen LogP contribution in [0.2, 0.25) is 0 Å². The highest BCUT2D eigenvalue weighted by Gasteiger charge is 2.27. The number of nitrogens with two attached hydrogens (primary N) is 1. The Hall–Kier alpha value is -2.54. The van der Waals surface area contributed by atoms with Crippen LogP contribution in [0.5, 0.6) is 0 Å². The van der Waals surface area contributed by atoms with Crippen LogP contribution in [0, 0.1) is 0 Å². The SMILES string of the molecule is CC(C)c1cccc(NC(N)=NCc2ccc(COCC(F)(F)F)cc2)c1. The van der Waals surface area contributed by atoms with Crippen LogP contribution >= 0.6 is 0 Å². The summed E-state index contributed by atoms with van der Waals surface area (Å²) in [6.45, 7) is 3.27. The minimum absolute atomic E-state index is 0.0844. The van der Waals surface area contributed by atoms with E-state index >= 15 is 0 Å². The second kappa shape index (κ2) is 9.41. The fourth-order valence-electron chi connectivity index (χ4n) is 2.36. The van der Waals surface area contributed by atoms with Crippen molar-refractivity contribution in [2.75, 3.05) is 11.9 Å². The van der Waals surface area contributed by atoms with E-state index in [1.807, 2.05) is 18.2 Å². The molecule has 0 saturated heterocycles. The third-order valence-electron chi connectivity index (χ3n) is 3.82. The van der Waals surface area contributed by atoms with Gasteiger partial charge in [0.15, 0.2) is 5.96 Å². The van der Waals surface area contributed by atoms with Gasteiger partial charge < -0.3 is 15.8 Å². The molecule has 0 aliphatic heterocycles. The Kier molecular flexibility index (Phi) is 7.24. The molecule has 27 heavy (non-hydrogen) atoms. The number of benzene rings is 2. The van der Waals surface area contributed by atoms with Gasteiger partial charge in [0.2, 0.25) is 0 Å². The maximum Gasteiger partial charge on any atom is 0.411 e. The topological polar surface area (TPSA) is 59.6 Å². The van der Waals surface area contributed by atoms with Crippen LogP contribution in [0.25, 0.3) is 0 Å². The summed E-state index contributed by atoms with van der Waals surface area (Å²) in [5.41, 5.74) is 9.58. The number of halogens is 3. The van der Waals surface area contributed by atoms with Crippen molar-refractivity contribution in [3.63, 3.8) is 0 Å². The van der Waals surface area contributed by atoms with Crippen molar-refractivity contribution in [3.05, 3.63) is 65.2 Å². The Morgan fingerprint density at radius 1 is 1.11 bits per heavy atom. The molecule has 0 fully saturated rings. The molecule has 2 aromatic rings. The van der Waals surface area contributed by atoms with Gasteiger partial charge in [0.1, 0.15) is 6.61 Å². The second-order valence-electron chi connectivity index (χ2n) is 6.53. The van der Waals surface area contributed by atoms with Gasteiger partial charge in [-0.05, 0) is 34.7 Å². The minimum Gasteiger partial charge on any atom is -0.370 e. The molecular weight excluding hydrogens is 355 g/mol. The van der Waals surface area contributed by atoms with Crippen molar-refractivity contribution in [1.29, 1.82) is 0 Å². The number of nitrogens with zero attached hydrogens (tertiary/aromatic N) is 1. The second-order valence-corrected chi connectivity index (χ2v) is 6.53. The van der Waals surface area contributed by atoms with Gasteiger partial charge in [0, 0.05) is 5.69 Å². The highest BCUT2D eigenvalue weighted by Crippen LogP contribution is 2.18. The van der Waals surface area contributed by atoms with E-state index in [1.165, 1.54) is 5.56 Å². The van der Waals surface area contributed by atoms with Gasteiger partial charge in [-0.15, -0.1) is 0 Å². The summed E-state index contributed by atoms with van der Waals surface area (Å²) in [5.74, 6) is 0.719. The van der Waals surface area contributed by atoms with Crippen molar-refractivity contribution in [2.24, 2.45) is 10.7 Å². The zero-order valence-corrected chi connectivity index (χ0v) is 15.4. The zero-order valence-electron chi connectivity index (χ0n) is 15.4.